The van der Waals surface area contributed by atoms with E-state index < -0.39 is 48.2 Å². The monoisotopic (exact) mass is 540 g/mol. The Morgan fingerprint density at radius 3 is 2.03 bits per heavy atom. The van der Waals surface area contributed by atoms with E-state index >= 15 is 0 Å². The number of amides is 2. The van der Waals surface area contributed by atoms with Crippen molar-refractivity contribution in [2.45, 2.75) is 37.5 Å². The Bertz CT molecular complexity index is 1330. The van der Waals surface area contributed by atoms with Crippen molar-refractivity contribution in [2.24, 2.45) is 0 Å². The maximum atomic E-state index is 13.4. The molecule has 0 saturated carbocycles. The zero-order valence-corrected chi connectivity index (χ0v) is 21.2. The van der Waals surface area contributed by atoms with E-state index in [-0.39, 0.29) is 18.1 Å². The van der Waals surface area contributed by atoms with Crippen LogP contribution in [0.25, 0.3) is 11.1 Å². The lowest BCUT2D eigenvalue weighted by molar-refractivity contribution is -0.146. The summed E-state index contributed by atoms with van der Waals surface area (Å²) >= 11 is 0. The molecule has 0 unspecified atom stereocenters. The summed E-state index contributed by atoms with van der Waals surface area (Å²) in [5.74, 6) is -1.89. The van der Waals surface area contributed by atoms with Gasteiger partial charge in [0, 0.05) is 12.3 Å². The summed E-state index contributed by atoms with van der Waals surface area (Å²) in [4.78, 5) is 37.6. The highest BCUT2D eigenvalue weighted by molar-refractivity contribution is 5.89. The van der Waals surface area contributed by atoms with Crippen LogP contribution in [0.3, 0.4) is 0 Å². The van der Waals surface area contributed by atoms with E-state index in [0.29, 0.717) is 0 Å². The summed E-state index contributed by atoms with van der Waals surface area (Å²) < 4.78 is 50.3. The zero-order chi connectivity index (χ0) is 28.2. The molecule has 10 heteroatoms. The third-order valence-electron chi connectivity index (χ3n) is 6.62. The van der Waals surface area contributed by atoms with Gasteiger partial charge in [-0.05, 0) is 40.8 Å². The number of carbonyl (C=O) groups is 3. The van der Waals surface area contributed by atoms with E-state index in [1.54, 1.807) is 0 Å². The molecule has 0 radical (unpaired) electrons. The van der Waals surface area contributed by atoms with Crippen molar-refractivity contribution in [2.75, 3.05) is 13.7 Å². The highest BCUT2D eigenvalue weighted by Gasteiger charge is 2.35. The van der Waals surface area contributed by atoms with Gasteiger partial charge >= 0.3 is 18.2 Å². The molecule has 0 spiro atoms. The van der Waals surface area contributed by atoms with Gasteiger partial charge in [0.05, 0.1) is 12.7 Å². The molecule has 0 fully saturated rings. The Morgan fingerprint density at radius 1 is 0.872 bits per heavy atom. The van der Waals surface area contributed by atoms with Crippen molar-refractivity contribution in [3.05, 3.63) is 95.1 Å². The van der Waals surface area contributed by atoms with Crippen LogP contribution in [0.15, 0.2) is 72.8 Å². The van der Waals surface area contributed by atoms with Crippen molar-refractivity contribution in [3.8, 4) is 11.1 Å². The van der Waals surface area contributed by atoms with Crippen LogP contribution in [0.5, 0.6) is 0 Å². The van der Waals surface area contributed by atoms with Crippen molar-refractivity contribution in [1.82, 2.24) is 10.6 Å². The molecule has 0 saturated heterocycles. The first-order chi connectivity index (χ1) is 18.6. The van der Waals surface area contributed by atoms with Gasteiger partial charge in [-0.2, -0.15) is 13.2 Å². The first-order valence-corrected chi connectivity index (χ1v) is 12.2. The maximum absolute atomic E-state index is 13.4. The van der Waals surface area contributed by atoms with Gasteiger partial charge in [-0.15, -0.1) is 0 Å². The van der Waals surface area contributed by atoms with E-state index in [2.05, 4.69) is 15.4 Å². The lowest BCUT2D eigenvalue weighted by Gasteiger charge is -2.22. The Kier molecular flexibility index (Phi) is 8.23. The number of hydrogen-bond acceptors (Lipinski definition) is 5. The molecule has 4 rings (SSSR count). The smallest absolute Gasteiger partial charge is 0.416 e. The number of benzene rings is 3. The SMILES string of the molecule is COC(=O)[C@H](Cc1ccccc1C(F)(F)F)NC(=O)[C@H](C)NC(=O)OCC1c2ccccc2-c2ccccc21. The Morgan fingerprint density at radius 2 is 1.44 bits per heavy atom. The van der Waals surface area contributed by atoms with E-state index in [4.69, 9.17) is 4.74 Å². The van der Waals surface area contributed by atoms with Gasteiger partial charge in [0.1, 0.15) is 18.7 Å². The second-order valence-corrected chi connectivity index (χ2v) is 9.13. The highest BCUT2D eigenvalue weighted by atomic mass is 19.4. The molecule has 3 aromatic carbocycles. The number of alkyl carbamates (subject to hydrolysis) is 1. The third-order valence-corrected chi connectivity index (χ3v) is 6.62. The normalized spacial score (nSPS) is 14.0. The van der Waals surface area contributed by atoms with E-state index in [1.807, 2.05) is 48.5 Å². The lowest BCUT2D eigenvalue weighted by Crippen LogP contribution is -2.51. The van der Waals surface area contributed by atoms with Crippen LogP contribution in [0.2, 0.25) is 0 Å². The summed E-state index contributed by atoms with van der Waals surface area (Å²) in [7, 11) is 1.06. The molecule has 0 bridgehead atoms. The summed E-state index contributed by atoms with van der Waals surface area (Å²) in [6.07, 6.45) is -5.94. The Hall–Kier alpha value is -4.34. The predicted octanol–water partition coefficient (Wildman–Crippen LogP) is 4.83. The van der Waals surface area contributed by atoms with E-state index in [9.17, 15) is 27.6 Å². The summed E-state index contributed by atoms with van der Waals surface area (Å²) in [5, 5.41) is 4.78. The molecule has 0 aromatic heterocycles. The molecule has 2 atom stereocenters. The zero-order valence-electron chi connectivity index (χ0n) is 21.2. The van der Waals surface area contributed by atoms with Gasteiger partial charge in [0.25, 0.3) is 0 Å². The molecular weight excluding hydrogens is 513 g/mol. The van der Waals surface area contributed by atoms with Crippen LogP contribution in [0, 0.1) is 0 Å². The fourth-order valence-electron chi connectivity index (χ4n) is 4.71. The molecule has 204 valence electrons. The van der Waals surface area contributed by atoms with Gasteiger partial charge in [-0.3, -0.25) is 4.79 Å². The number of hydrogen-bond donors (Lipinski definition) is 2. The molecule has 7 nitrogen and oxygen atoms in total. The fraction of sp³-hybridized carbons (Fsp3) is 0.276. The number of carbonyl (C=O) groups excluding carboxylic acids is 3. The molecule has 2 amide bonds. The summed E-state index contributed by atoms with van der Waals surface area (Å²) in [5.41, 5.74) is 3.08. The van der Waals surface area contributed by atoms with Gasteiger partial charge in [-0.1, -0.05) is 66.7 Å². The van der Waals surface area contributed by atoms with Gasteiger partial charge in [-0.25, -0.2) is 9.59 Å². The van der Waals surface area contributed by atoms with Crippen LogP contribution in [0.4, 0.5) is 18.0 Å². The number of halogens is 3. The number of ether oxygens (including phenoxy) is 2. The number of methoxy groups -OCH3 is 1. The Balaban J connectivity index is 1.38. The minimum Gasteiger partial charge on any atom is -0.467 e. The van der Waals surface area contributed by atoms with Crippen LogP contribution in [-0.2, 0) is 31.7 Å². The molecule has 2 N–H and O–H groups in total. The minimum atomic E-state index is -4.64. The van der Waals surface area contributed by atoms with Crippen LogP contribution in [0.1, 0.15) is 35.1 Å². The van der Waals surface area contributed by atoms with Crippen molar-refractivity contribution >= 4 is 18.0 Å². The largest absolute Gasteiger partial charge is 0.467 e. The van der Waals surface area contributed by atoms with E-state index in [1.165, 1.54) is 25.1 Å². The molecule has 3 aromatic rings. The minimum absolute atomic E-state index is 0.0349. The van der Waals surface area contributed by atoms with Gasteiger partial charge in [0.15, 0.2) is 0 Å². The second-order valence-electron chi connectivity index (χ2n) is 9.13. The van der Waals surface area contributed by atoms with Crippen LogP contribution < -0.4 is 10.6 Å². The number of rotatable bonds is 8. The second kappa shape index (κ2) is 11.6. The van der Waals surface area contributed by atoms with Gasteiger partial charge in [0.2, 0.25) is 5.91 Å². The van der Waals surface area contributed by atoms with Gasteiger partial charge < -0.3 is 20.1 Å². The standard InChI is InChI=1S/C29H27F3N2O5/c1-17(26(35)34-25(27(36)38-2)15-18-9-3-8-14-24(18)29(30,31)32)33-28(37)39-16-23-21-12-6-4-10-19(21)20-11-5-7-13-22(20)23/h3-14,17,23,25H,15-16H2,1-2H3,(H,33,37)(H,34,35)/t17-,25-/m0/s1. The number of fused-ring (bicyclic) bond motifs is 3. The molecule has 0 aliphatic heterocycles. The topological polar surface area (TPSA) is 93.7 Å². The van der Waals surface area contributed by atoms with E-state index in [0.717, 1.165) is 35.4 Å². The first kappa shape index (κ1) is 27.7. The molecule has 39 heavy (non-hydrogen) atoms. The predicted molar refractivity (Wildman–Crippen MR) is 137 cm³/mol. The van der Waals surface area contributed by atoms with Crippen molar-refractivity contribution in [1.29, 1.82) is 0 Å². The van der Waals surface area contributed by atoms with Crippen molar-refractivity contribution in [3.63, 3.8) is 0 Å². The van der Waals surface area contributed by atoms with Crippen molar-refractivity contribution < 1.29 is 37.0 Å². The summed E-state index contributed by atoms with van der Waals surface area (Å²) in [6, 6.07) is 17.9. The molecule has 1 aliphatic carbocycles. The average Bonchev–Trinajstić information content (AvgIpc) is 3.24. The Labute approximate surface area is 223 Å². The molecule has 0 heterocycles. The summed E-state index contributed by atoms with van der Waals surface area (Å²) in [6.45, 7) is 1.40. The third kappa shape index (κ3) is 6.22. The molecule has 1 aliphatic rings. The average molecular weight is 541 g/mol. The fourth-order valence-corrected chi connectivity index (χ4v) is 4.71. The number of nitrogens with one attached hydrogen (secondary N) is 2. The quantitative estimate of drug-likeness (QED) is 0.399. The number of alkyl halides is 3. The van der Waals surface area contributed by atoms with Crippen LogP contribution >= 0.6 is 0 Å². The molecular formula is C29H27F3N2O5. The maximum Gasteiger partial charge on any atom is 0.416 e. The first-order valence-electron chi connectivity index (χ1n) is 12.2. The number of esters is 1. The highest BCUT2D eigenvalue weighted by Crippen LogP contribution is 2.44. The van der Waals surface area contributed by atoms with Crippen LogP contribution in [-0.4, -0.2) is 43.8 Å². The lowest BCUT2D eigenvalue weighted by atomic mass is 9.98.